The maximum atomic E-state index is 12.5. The second kappa shape index (κ2) is 7.90. The van der Waals surface area contributed by atoms with E-state index in [2.05, 4.69) is 4.98 Å². The lowest BCUT2D eigenvalue weighted by molar-refractivity contribution is -0.383. The van der Waals surface area contributed by atoms with Crippen LogP contribution in [-0.4, -0.2) is 28.4 Å². The molecule has 0 aliphatic carbocycles. The zero-order valence-electron chi connectivity index (χ0n) is 14.9. The van der Waals surface area contributed by atoms with Gasteiger partial charge < -0.3 is 10.5 Å². The third kappa shape index (κ3) is 4.33. The van der Waals surface area contributed by atoms with Crippen LogP contribution in [-0.2, 0) is 14.3 Å². The van der Waals surface area contributed by atoms with Crippen molar-refractivity contribution in [3.8, 4) is 0 Å². The SMILES string of the molecule is Cc1nc2c([N+](=O)[O-])cccc2cc1C(CC(N)=O)C(=O)OCC(C)C. The predicted octanol–water partition coefficient (Wildman–Crippen LogP) is 2.61. The first kappa shape index (κ1) is 19.3. The fourth-order valence-electron chi connectivity index (χ4n) is 2.66. The number of primary amides is 1. The van der Waals surface area contributed by atoms with Crippen LogP contribution >= 0.6 is 0 Å². The summed E-state index contributed by atoms with van der Waals surface area (Å²) in [5.74, 6) is -1.96. The normalized spacial score (nSPS) is 12.2. The molecule has 1 unspecified atom stereocenters. The Morgan fingerprint density at radius 1 is 1.35 bits per heavy atom. The molecule has 0 spiro atoms. The fourth-order valence-corrected chi connectivity index (χ4v) is 2.66. The van der Waals surface area contributed by atoms with Gasteiger partial charge >= 0.3 is 5.97 Å². The second-order valence-electron chi connectivity index (χ2n) is 6.52. The van der Waals surface area contributed by atoms with Crippen molar-refractivity contribution in [2.75, 3.05) is 6.61 Å². The molecule has 8 heteroatoms. The summed E-state index contributed by atoms with van der Waals surface area (Å²) in [6, 6.07) is 6.21. The number of non-ortho nitro benzene ring substituents is 1. The Labute approximate surface area is 150 Å². The second-order valence-corrected chi connectivity index (χ2v) is 6.52. The molecule has 0 aliphatic heterocycles. The molecule has 1 aromatic carbocycles. The van der Waals surface area contributed by atoms with Gasteiger partial charge in [-0.25, -0.2) is 4.98 Å². The number of amides is 1. The molecule has 0 fully saturated rings. The maximum absolute atomic E-state index is 12.5. The van der Waals surface area contributed by atoms with Gasteiger partial charge in [-0.1, -0.05) is 26.0 Å². The van der Waals surface area contributed by atoms with Gasteiger partial charge in [-0.2, -0.15) is 0 Å². The van der Waals surface area contributed by atoms with E-state index < -0.39 is 22.7 Å². The summed E-state index contributed by atoms with van der Waals surface area (Å²) < 4.78 is 5.27. The number of benzene rings is 1. The fraction of sp³-hybridized carbons (Fsp3) is 0.389. The van der Waals surface area contributed by atoms with Gasteiger partial charge in [0.15, 0.2) is 0 Å². The summed E-state index contributed by atoms with van der Waals surface area (Å²) in [5, 5.41) is 11.7. The number of nitro benzene ring substituents is 1. The van der Waals surface area contributed by atoms with E-state index in [0.717, 1.165) is 0 Å². The van der Waals surface area contributed by atoms with Crippen molar-refractivity contribution in [2.24, 2.45) is 11.7 Å². The Morgan fingerprint density at radius 3 is 2.62 bits per heavy atom. The van der Waals surface area contributed by atoms with Crippen LogP contribution in [0.4, 0.5) is 5.69 Å². The molecular formula is C18H21N3O5. The third-order valence-corrected chi connectivity index (χ3v) is 3.88. The Bertz CT molecular complexity index is 863. The Balaban J connectivity index is 2.52. The highest BCUT2D eigenvalue weighted by Crippen LogP contribution is 2.30. The minimum absolute atomic E-state index is 0.119. The number of ether oxygens (including phenoxy) is 1. The van der Waals surface area contributed by atoms with Crippen LogP contribution < -0.4 is 5.73 Å². The number of nitrogens with two attached hydrogens (primary N) is 1. The Morgan fingerprint density at radius 2 is 2.04 bits per heavy atom. The first-order valence-corrected chi connectivity index (χ1v) is 8.20. The average Bonchev–Trinajstić information content (AvgIpc) is 2.56. The number of carbonyl (C=O) groups excluding carboxylic acids is 2. The van der Waals surface area contributed by atoms with Gasteiger partial charge in [-0.15, -0.1) is 0 Å². The summed E-state index contributed by atoms with van der Waals surface area (Å²) >= 11 is 0. The molecule has 0 saturated carbocycles. The van der Waals surface area contributed by atoms with Gasteiger partial charge in [-0.05, 0) is 24.5 Å². The lowest BCUT2D eigenvalue weighted by atomic mass is 9.92. The van der Waals surface area contributed by atoms with Crippen molar-refractivity contribution < 1.29 is 19.2 Å². The smallest absolute Gasteiger partial charge is 0.314 e. The number of esters is 1. The minimum Gasteiger partial charge on any atom is -0.465 e. The maximum Gasteiger partial charge on any atom is 0.314 e. The van der Waals surface area contributed by atoms with Crippen LogP contribution in [0.1, 0.15) is 37.4 Å². The third-order valence-electron chi connectivity index (χ3n) is 3.88. The molecule has 0 radical (unpaired) electrons. The molecular weight excluding hydrogens is 338 g/mol. The Hall–Kier alpha value is -3.03. The quantitative estimate of drug-likeness (QED) is 0.460. The van der Waals surface area contributed by atoms with Crippen LogP contribution in [0.2, 0.25) is 0 Å². The van der Waals surface area contributed by atoms with Crippen LogP contribution in [0.5, 0.6) is 0 Å². The number of hydrogen-bond acceptors (Lipinski definition) is 6. The number of nitrogens with zero attached hydrogens (tertiary/aromatic N) is 2. The molecule has 2 aromatic rings. The number of aromatic nitrogens is 1. The Kier molecular flexibility index (Phi) is 5.86. The summed E-state index contributed by atoms with van der Waals surface area (Å²) in [7, 11) is 0. The van der Waals surface area contributed by atoms with Crippen molar-refractivity contribution >= 4 is 28.5 Å². The topological polar surface area (TPSA) is 125 Å². The zero-order chi connectivity index (χ0) is 19.4. The molecule has 8 nitrogen and oxygen atoms in total. The molecule has 1 atom stereocenters. The highest BCUT2D eigenvalue weighted by atomic mass is 16.6. The average molecular weight is 359 g/mol. The lowest BCUT2D eigenvalue weighted by Crippen LogP contribution is -2.25. The van der Waals surface area contributed by atoms with Crippen LogP contribution in [0.3, 0.4) is 0 Å². The van der Waals surface area contributed by atoms with Crippen LogP contribution in [0, 0.1) is 23.0 Å². The van der Waals surface area contributed by atoms with Gasteiger partial charge in [0.2, 0.25) is 5.91 Å². The van der Waals surface area contributed by atoms with Gasteiger partial charge in [0.1, 0.15) is 5.52 Å². The van der Waals surface area contributed by atoms with Gasteiger partial charge in [0, 0.05) is 23.6 Å². The molecule has 1 heterocycles. The van der Waals surface area contributed by atoms with Crippen LogP contribution in [0.15, 0.2) is 24.3 Å². The minimum atomic E-state index is -0.901. The largest absolute Gasteiger partial charge is 0.465 e. The monoisotopic (exact) mass is 359 g/mol. The number of aryl methyl sites for hydroxylation is 1. The van der Waals surface area contributed by atoms with E-state index in [9.17, 15) is 19.7 Å². The lowest BCUT2D eigenvalue weighted by Gasteiger charge is -2.18. The molecule has 0 bridgehead atoms. The summed E-state index contributed by atoms with van der Waals surface area (Å²) in [6.45, 7) is 5.66. The zero-order valence-corrected chi connectivity index (χ0v) is 14.9. The highest BCUT2D eigenvalue weighted by molar-refractivity contribution is 5.91. The van der Waals surface area contributed by atoms with Crippen molar-refractivity contribution in [1.29, 1.82) is 0 Å². The number of hydrogen-bond donors (Lipinski definition) is 1. The number of carbonyl (C=O) groups is 2. The number of nitro groups is 1. The van der Waals surface area contributed by atoms with E-state index in [1.165, 1.54) is 6.07 Å². The standard InChI is InChI=1S/C18H21N3O5/c1-10(2)9-26-18(23)14(8-16(19)22)13-7-12-5-4-6-15(21(24)25)17(12)20-11(13)3/h4-7,10,14H,8-9H2,1-3H3,(H2,19,22). The first-order valence-electron chi connectivity index (χ1n) is 8.20. The molecule has 1 aromatic heterocycles. The number of rotatable bonds is 7. The van der Waals surface area contributed by atoms with E-state index >= 15 is 0 Å². The first-order chi connectivity index (χ1) is 12.2. The van der Waals surface area contributed by atoms with E-state index in [-0.39, 0.29) is 30.1 Å². The summed E-state index contributed by atoms with van der Waals surface area (Å²) in [5.41, 5.74) is 6.30. The molecule has 138 valence electrons. The molecule has 1 amide bonds. The summed E-state index contributed by atoms with van der Waals surface area (Å²) in [6.07, 6.45) is -0.222. The number of pyridine rings is 1. The van der Waals surface area contributed by atoms with Crippen molar-refractivity contribution in [1.82, 2.24) is 4.98 Å². The van der Waals surface area contributed by atoms with E-state index in [1.54, 1.807) is 25.1 Å². The van der Waals surface area contributed by atoms with Crippen molar-refractivity contribution in [2.45, 2.75) is 33.1 Å². The summed E-state index contributed by atoms with van der Waals surface area (Å²) in [4.78, 5) is 38.9. The van der Waals surface area contributed by atoms with E-state index in [4.69, 9.17) is 10.5 Å². The molecule has 0 aliphatic rings. The van der Waals surface area contributed by atoms with E-state index in [1.807, 2.05) is 13.8 Å². The van der Waals surface area contributed by atoms with Crippen LogP contribution in [0.25, 0.3) is 10.9 Å². The molecule has 0 saturated heterocycles. The predicted molar refractivity (Wildman–Crippen MR) is 95.5 cm³/mol. The number of fused-ring (bicyclic) bond motifs is 1. The molecule has 2 N–H and O–H groups in total. The van der Waals surface area contributed by atoms with Crippen molar-refractivity contribution in [3.05, 3.63) is 45.6 Å². The van der Waals surface area contributed by atoms with Crippen molar-refractivity contribution in [3.63, 3.8) is 0 Å². The van der Waals surface area contributed by atoms with Gasteiger partial charge in [-0.3, -0.25) is 19.7 Å². The number of para-hydroxylation sites is 1. The van der Waals surface area contributed by atoms with E-state index in [0.29, 0.717) is 16.6 Å². The molecule has 2 rings (SSSR count). The van der Waals surface area contributed by atoms with Gasteiger partial charge in [0.25, 0.3) is 5.69 Å². The molecule has 26 heavy (non-hydrogen) atoms. The van der Waals surface area contributed by atoms with Gasteiger partial charge in [0.05, 0.1) is 17.4 Å². The highest BCUT2D eigenvalue weighted by Gasteiger charge is 2.28.